The maximum Gasteiger partial charge on any atom is 0.285 e. The summed E-state index contributed by atoms with van der Waals surface area (Å²) in [7, 11) is 0. The van der Waals surface area contributed by atoms with Crippen LogP contribution in [0.15, 0.2) is 33.6 Å². The molecule has 0 saturated heterocycles. The number of hydrogen-bond acceptors (Lipinski definition) is 5. The van der Waals surface area contributed by atoms with E-state index in [9.17, 15) is 4.79 Å². The molecule has 0 radical (unpaired) electrons. The predicted octanol–water partition coefficient (Wildman–Crippen LogP) is 1.93. The maximum absolute atomic E-state index is 11.1. The van der Waals surface area contributed by atoms with Crippen molar-refractivity contribution in [1.82, 2.24) is 10.2 Å². The minimum absolute atomic E-state index is 0.0401. The number of rotatable bonds is 3. The van der Waals surface area contributed by atoms with Crippen molar-refractivity contribution in [2.75, 3.05) is 5.43 Å². The number of nitrogens with one attached hydrogen (secondary N) is 2. The summed E-state index contributed by atoms with van der Waals surface area (Å²) in [5.41, 5.74) is 2.58. The molecule has 2 N–H and O–H groups in total. The molecule has 0 amide bonds. The van der Waals surface area contributed by atoms with Gasteiger partial charge in [0.25, 0.3) is 5.56 Å². The lowest BCUT2D eigenvalue weighted by Gasteiger charge is -1.99. The maximum atomic E-state index is 11.1. The first-order valence-corrected chi connectivity index (χ1v) is 5.59. The van der Waals surface area contributed by atoms with E-state index in [-0.39, 0.29) is 5.02 Å². The molecule has 16 heavy (non-hydrogen) atoms. The summed E-state index contributed by atoms with van der Waals surface area (Å²) in [4.78, 5) is 12.1. The molecule has 2 heterocycles. The third kappa shape index (κ3) is 2.47. The SMILES string of the molecule is O=c1[nH]ncc(N/N=C/c2cccs2)c1Cl. The molecular weight excluding hydrogens is 248 g/mol. The molecule has 5 nitrogen and oxygen atoms in total. The van der Waals surface area contributed by atoms with Crippen LogP contribution < -0.4 is 11.0 Å². The van der Waals surface area contributed by atoms with E-state index >= 15 is 0 Å². The molecule has 0 unspecified atom stereocenters. The summed E-state index contributed by atoms with van der Waals surface area (Å²) in [5.74, 6) is 0. The van der Waals surface area contributed by atoms with Gasteiger partial charge in [0.1, 0.15) is 10.7 Å². The lowest BCUT2D eigenvalue weighted by atomic mass is 10.5. The summed E-state index contributed by atoms with van der Waals surface area (Å²) < 4.78 is 0. The van der Waals surface area contributed by atoms with Crippen molar-refractivity contribution in [2.45, 2.75) is 0 Å². The zero-order valence-corrected chi connectivity index (χ0v) is 9.55. The Balaban J connectivity index is 2.11. The number of thiophene rings is 1. The average molecular weight is 255 g/mol. The first-order valence-electron chi connectivity index (χ1n) is 4.33. The van der Waals surface area contributed by atoms with E-state index in [1.807, 2.05) is 17.5 Å². The monoisotopic (exact) mass is 254 g/mol. The Morgan fingerprint density at radius 1 is 1.62 bits per heavy atom. The second-order valence-corrected chi connectivity index (χ2v) is 4.17. The van der Waals surface area contributed by atoms with Gasteiger partial charge in [0.15, 0.2) is 0 Å². The standard InChI is InChI=1S/C9H7ClN4OS/c10-8-7(5-12-14-9(8)15)13-11-4-6-2-1-3-16-6/h1-5H,(H2,13,14,15)/b11-4+. The number of hydrogen-bond donors (Lipinski definition) is 2. The first kappa shape index (κ1) is 10.8. The van der Waals surface area contributed by atoms with E-state index in [4.69, 9.17) is 11.6 Å². The van der Waals surface area contributed by atoms with E-state index in [1.54, 1.807) is 17.6 Å². The molecular formula is C9H7ClN4OS. The van der Waals surface area contributed by atoms with E-state index in [0.717, 1.165) is 4.88 Å². The number of aromatic nitrogens is 2. The van der Waals surface area contributed by atoms with Crippen LogP contribution in [0.25, 0.3) is 0 Å². The molecule has 0 bridgehead atoms. The van der Waals surface area contributed by atoms with Crippen LogP contribution in [0, 0.1) is 0 Å². The van der Waals surface area contributed by atoms with Gasteiger partial charge in [-0.15, -0.1) is 11.3 Å². The number of hydrazone groups is 1. The van der Waals surface area contributed by atoms with Gasteiger partial charge < -0.3 is 0 Å². The number of anilines is 1. The highest BCUT2D eigenvalue weighted by molar-refractivity contribution is 7.11. The largest absolute Gasteiger partial charge is 0.285 e. The van der Waals surface area contributed by atoms with Crippen molar-refractivity contribution in [3.8, 4) is 0 Å². The van der Waals surface area contributed by atoms with Gasteiger partial charge in [-0.3, -0.25) is 10.2 Å². The van der Waals surface area contributed by atoms with Gasteiger partial charge in [0, 0.05) is 4.88 Å². The van der Waals surface area contributed by atoms with Crippen LogP contribution in [0.5, 0.6) is 0 Å². The van der Waals surface area contributed by atoms with Gasteiger partial charge in [0.2, 0.25) is 0 Å². The molecule has 0 aliphatic rings. The smallest absolute Gasteiger partial charge is 0.275 e. The molecule has 82 valence electrons. The molecule has 0 aliphatic heterocycles. The highest BCUT2D eigenvalue weighted by atomic mass is 35.5. The van der Waals surface area contributed by atoms with Crippen molar-refractivity contribution in [3.05, 3.63) is 44.0 Å². The van der Waals surface area contributed by atoms with Gasteiger partial charge in [-0.2, -0.15) is 10.2 Å². The second-order valence-electron chi connectivity index (χ2n) is 2.81. The number of H-pyrrole nitrogens is 1. The van der Waals surface area contributed by atoms with Crippen LogP contribution in [0.4, 0.5) is 5.69 Å². The minimum Gasteiger partial charge on any atom is -0.275 e. The zero-order valence-electron chi connectivity index (χ0n) is 7.98. The Morgan fingerprint density at radius 3 is 3.25 bits per heavy atom. The zero-order chi connectivity index (χ0) is 11.4. The predicted molar refractivity (Wildman–Crippen MR) is 65.4 cm³/mol. The van der Waals surface area contributed by atoms with Crippen molar-refractivity contribution < 1.29 is 0 Å². The Hall–Kier alpha value is -1.66. The second kappa shape index (κ2) is 4.91. The number of halogens is 1. The number of aromatic amines is 1. The van der Waals surface area contributed by atoms with Gasteiger partial charge in [-0.05, 0) is 11.4 Å². The van der Waals surface area contributed by atoms with Gasteiger partial charge in [-0.1, -0.05) is 17.7 Å². The molecule has 0 saturated carbocycles. The fourth-order valence-electron chi connectivity index (χ4n) is 0.992. The van der Waals surface area contributed by atoms with Crippen LogP contribution in [-0.2, 0) is 0 Å². The lowest BCUT2D eigenvalue weighted by Crippen LogP contribution is -2.09. The normalized spacial score (nSPS) is 10.8. The third-order valence-electron chi connectivity index (χ3n) is 1.72. The van der Waals surface area contributed by atoms with Crippen LogP contribution in [-0.4, -0.2) is 16.4 Å². The van der Waals surface area contributed by atoms with E-state index < -0.39 is 5.56 Å². The van der Waals surface area contributed by atoms with Gasteiger partial charge >= 0.3 is 0 Å². The quantitative estimate of drug-likeness (QED) is 0.650. The minimum atomic E-state index is -0.446. The Morgan fingerprint density at radius 2 is 2.50 bits per heavy atom. The molecule has 0 aliphatic carbocycles. The molecule has 7 heteroatoms. The first-order chi connectivity index (χ1) is 7.77. The highest BCUT2D eigenvalue weighted by Crippen LogP contribution is 2.14. The van der Waals surface area contributed by atoms with Crippen molar-refractivity contribution >= 4 is 34.8 Å². The summed E-state index contributed by atoms with van der Waals surface area (Å²) >= 11 is 7.30. The topological polar surface area (TPSA) is 70.1 Å². The van der Waals surface area contributed by atoms with E-state index in [1.165, 1.54) is 6.20 Å². The van der Waals surface area contributed by atoms with Gasteiger partial charge in [0.05, 0.1) is 12.4 Å². The van der Waals surface area contributed by atoms with E-state index in [2.05, 4.69) is 20.7 Å². The third-order valence-corrected chi connectivity index (χ3v) is 2.90. The molecule has 0 atom stereocenters. The fraction of sp³-hybridized carbons (Fsp3) is 0. The van der Waals surface area contributed by atoms with Crippen molar-refractivity contribution in [3.63, 3.8) is 0 Å². The highest BCUT2D eigenvalue weighted by Gasteiger charge is 2.02. The summed E-state index contributed by atoms with van der Waals surface area (Å²) in [6.45, 7) is 0. The average Bonchev–Trinajstić information content (AvgIpc) is 2.77. The van der Waals surface area contributed by atoms with Crippen molar-refractivity contribution in [2.24, 2.45) is 5.10 Å². The molecule has 2 aromatic heterocycles. The molecule has 0 spiro atoms. The summed E-state index contributed by atoms with van der Waals surface area (Å²) in [5, 5.41) is 11.8. The van der Waals surface area contributed by atoms with Crippen LogP contribution in [0.3, 0.4) is 0 Å². The summed E-state index contributed by atoms with van der Waals surface area (Å²) in [6.07, 6.45) is 3.04. The molecule has 0 aromatic carbocycles. The number of nitrogens with zero attached hydrogens (tertiary/aromatic N) is 2. The molecule has 2 aromatic rings. The van der Waals surface area contributed by atoms with Crippen LogP contribution in [0.1, 0.15) is 4.88 Å². The van der Waals surface area contributed by atoms with Gasteiger partial charge in [-0.25, -0.2) is 5.10 Å². The molecule has 0 fully saturated rings. The Bertz CT molecular complexity index is 549. The fourth-order valence-corrected chi connectivity index (χ4v) is 1.71. The summed E-state index contributed by atoms with van der Waals surface area (Å²) in [6, 6.07) is 3.85. The molecule has 2 rings (SSSR count). The Kier molecular flexibility index (Phi) is 3.33. The lowest BCUT2D eigenvalue weighted by molar-refractivity contribution is 0.987. The van der Waals surface area contributed by atoms with Crippen molar-refractivity contribution in [1.29, 1.82) is 0 Å². The van der Waals surface area contributed by atoms with E-state index in [0.29, 0.717) is 5.69 Å². The van der Waals surface area contributed by atoms with Crippen LogP contribution in [0.2, 0.25) is 5.02 Å². The Labute approximate surface area is 99.8 Å². The van der Waals surface area contributed by atoms with Crippen LogP contribution >= 0.6 is 22.9 Å².